The van der Waals surface area contributed by atoms with Gasteiger partial charge < -0.3 is 0 Å². The van der Waals surface area contributed by atoms with Crippen molar-refractivity contribution in [2.45, 2.75) is 41.7 Å². The van der Waals surface area contributed by atoms with Crippen LogP contribution in [0, 0.1) is 11.8 Å². The number of Topliss-reactive ketones (excluding diaryl/α,β-unsaturated/α-hetero) is 1. The van der Waals surface area contributed by atoms with Crippen LogP contribution in [0.4, 0.5) is 0 Å². The molecule has 0 aromatic carbocycles. The van der Waals surface area contributed by atoms with E-state index in [1.54, 1.807) is 0 Å². The molecule has 0 aromatic heterocycles. The Morgan fingerprint density at radius 2 is 1.93 bits per heavy atom. The van der Waals surface area contributed by atoms with E-state index in [-0.39, 0.29) is 22.4 Å². The molecule has 2 rings (SSSR count). The van der Waals surface area contributed by atoms with E-state index in [1.807, 2.05) is 13.8 Å². The molecular formula is C12H20GeO2. The molecule has 4 atom stereocenters. The minimum atomic E-state index is -2.05. The number of fused-ring (bicyclic) bond motifs is 2. The summed E-state index contributed by atoms with van der Waals surface area (Å²) in [6, 6.07) is 0. The number of hydrogen-bond acceptors (Lipinski definition) is 2. The second-order valence-corrected chi connectivity index (χ2v) is 17.0. The quantitative estimate of drug-likeness (QED) is 0.539. The monoisotopic (exact) mass is 270 g/mol. The van der Waals surface area contributed by atoms with Gasteiger partial charge in [0.1, 0.15) is 0 Å². The van der Waals surface area contributed by atoms with E-state index < -0.39 is 13.3 Å². The van der Waals surface area contributed by atoms with Crippen LogP contribution in [-0.2, 0) is 9.53 Å². The Hall–Kier alpha value is -0.0871. The fraction of sp³-hybridized carbons (Fsp3) is 0.750. The molecule has 1 fully saturated rings. The SMILES string of the molecule is C[C@@H]1C(=O)[C@H](C)[C@]2([Ge]([CH3])([CH3])[CH3])C=C[C@@H]1O2. The summed E-state index contributed by atoms with van der Waals surface area (Å²) in [5.41, 5.74) is 0. The van der Waals surface area contributed by atoms with Gasteiger partial charge in [0.25, 0.3) is 0 Å². The molecule has 0 radical (unpaired) electrons. The maximum absolute atomic E-state index is 12.1. The zero-order valence-electron chi connectivity index (χ0n) is 10.2. The van der Waals surface area contributed by atoms with E-state index in [2.05, 4.69) is 29.4 Å². The summed E-state index contributed by atoms with van der Waals surface area (Å²) in [5.74, 6) is 7.45. The predicted molar refractivity (Wildman–Crippen MR) is 63.4 cm³/mol. The minimum absolute atomic E-state index is 0.0385. The first kappa shape index (κ1) is 11.4. The molecule has 2 bridgehead atoms. The van der Waals surface area contributed by atoms with Crippen LogP contribution in [0.2, 0.25) is 17.3 Å². The van der Waals surface area contributed by atoms with Crippen LogP contribution in [-0.4, -0.2) is 29.6 Å². The van der Waals surface area contributed by atoms with Crippen molar-refractivity contribution in [1.82, 2.24) is 0 Å². The fourth-order valence-electron chi connectivity index (χ4n) is 2.90. The maximum atomic E-state index is 12.1. The van der Waals surface area contributed by atoms with E-state index in [1.165, 1.54) is 0 Å². The summed E-state index contributed by atoms with van der Waals surface area (Å²) in [7, 11) is 0. The van der Waals surface area contributed by atoms with Gasteiger partial charge in [0, 0.05) is 0 Å². The summed E-state index contributed by atoms with van der Waals surface area (Å²) in [4.78, 5) is 12.1. The van der Waals surface area contributed by atoms with Gasteiger partial charge in [-0.1, -0.05) is 0 Å². The van der Waals surface area contributed by atoms with Crippen LogP contribution in [0.3, 0.4) is 0 Å². The second-order valence-electron chi connectivity index (χ2n) is 5.90. The summed E-state index contributed by atoms with van der Waals surface area (Å²) in [6.07, 6.45) is 4.35. The van der Waals surface area contributed by atoms with E-state index in [4.69, 9.17) is 4.74 Å². The molecule has 2 aliphatic rings. The van der Waals surface area contributed by atoms with Gasteiger partial charge in [-0.05, 0) is 0 Å². The van der Waals surface area contributed by atoms with Crippen LogP contribution < -0.4 is 0 Å². The molecule has 2 nitrogen and oxygen atoms in total. The average molecular weight is 269 g/mol. The molecule has 2 heterocycles. The summed E-state index contributed by atoms with van der Waals surface area (Å²) >= 11 is -2.05. The normalized spacial score (nSPS) is 44.9. The van der Waals surface area contributed by atoms with Crippen molar-refractivity contribution < 1.29 is 9.53 Å². The van der Waals surface area contributed by atoms with Gasteiger partial charge in [-0.15, -0.1) is 0 Å². The molecule has 0 N–H and O–H groups in total. The first-order valence-electron chi connectivity index (χ1n) is 5.70. The first-order valence-corrected chi connectivity index (χ1v) is 13.0. The Labute approximate surface area is 94.4 Å². The van der Waals surface area contributed by atoms with Gasteiger partial charge in [-0.3, -0.25) is 0 Å². The van der Waals surface area contributed by atoms with Gasteiger partial charge in [-0.2, -0.15) is 0 Å². The Bertz CT molecular complexity index is 329. The van der Waals surface area contributed by atoms with E-state index >= 15 is 0 Å². The van der Waals surface area contributed by atoms with Crippen LogP contribution in [0.1, 0.15) is 13.8 Å². The molecule has 2 aliphatic heterocycles. The van der Waals surface area contributed by atoms with Crippen LogP contribution in [0.15, 0.2) is 12.2 Å². The van der Waals surface area contributed by atoms with Crippen LogP contribution >= 0.6 is 0 Å². The predicted octanol–water partition coefficient (Wildman–Crippen LogP) is 2.41. The third-order valence-electron chi connectivity index (χ3n) is 4.05. The van der Waals surface area contributed by atoms with E-state index in [9.17, 15) is 4.79 Å². The number of ketones is 1. The molecule has 1 saturated heterocycles. The van der Waals surface area contributed by atoms with Crippen molar-refractivity contribution in [1.29, 1.82) is 0 Å². The molecule has 0 aromatic rings. The third-order valence-corrected chi connectivity index (χ3v) is 10.5. The third kappa shape index (κ3) is 1.37. The zero-order valence-corrected chi connectivity index (χ0v) is 12.3. The van der Waals surface area contributed by atoms with Crippen molar-refractivity contribution in [3.05, 3.63) is 12.2 Å². The van der Waals surface area contributed by atoms with Crippen LogP contribution in [0.5, 0.6) is 0 Å². The average Bonchev–Trinajstić information content (AvgIpc) is 2.54. The van der Waals surface area contributed by atoms with E-state index in [0.29, 0.717) is 5.78 Å². The molecule has 0 amide bonds. The molecule has 84 valence electrons. The van der Waals surface area contributed by atoms with E-state index in [0.717, 1.165) is 0 Å². The number of ether oxygens (including phenoxy) is 1. The molecular weight excluding hydrogens is 249 g/mol. The molecule has 3 heteroatoms. The zero-order chi connectivity index (χ0) is 11.4. The Balaban J connectivity index is 2.45. The summed E-state index contributed by atoms with van der Waals surface area (Å²) < 4.78 is 6.00. The summed E-state index contributed by atoms with van der Waals surface area (Å²) in [5, 5.41) is 0. The number of carbonyl (C=O) groups is 1. The van der Waals surface area contributed by atoms with Crippen molar-refractivity contribution in [2.75, 3.05) is 0 Å². The van der Waals surface area contributed by atoms with Gasteiger partial charge in [-0.25, -0.2) is 0 Å². The number of hydrogen-bond donors (Lipinski definition) is 0. The summed E-state index contributed by atoms with van der Waals surface area (Å²) in [6.45, 7) is 4.03. The molecule has 15 heavy (non-hydrogen) atoms. The number of rotatable bonds is 1. The Kier molecular flexibility index (Phi) is 2.43. The van der Waals surface area contributed by atoms with Crippen molar-refractivity contribution in [3.8, 4) is 0 Å². The standard InChI is InChI=1S/C12H20GeO2/c1-8-10-6-7-12(15-10,13(3,4)5)9(2)11(8)14/h6-10H,1-5H3/t8-,9-,10-,12-/m0/s1. The van der Waals surface area contributed by atoms with Gasteiger partial charge in [0.15, 0.2) is 0 Å². The fourth-order valence-corrected chi connectivity index (χ4v) is 8.20. The topological polar surface area (TPSA) is 26.3 Å². The van der Waals surface area contributed by atoms with Crippen molar-refractivity contribution in [3.63, 3.8) is 0 Å². The Morgan fingerprint density at radius 3 is 2.47 bits per heavy atom. The van der Waals surface area contributed by atoms with Gasteiger partial charge in [0.05, 0.1) is 0 Å². The number of carbonyl (C=O) groups excluding carboxylic acids is 1. The molecule has 0 spiro atoms. The first-order chi connectivity index (χ1) is 6.79. The second kappa shape index (κ2) is 3.20. The van der Waals surface area contributed by atoms with Crippen LogP contribution in [0.25, 0.3) is 0 Å². The molecule has 0 saturated carbocycles. The van der Waals surface area contributed by atoms with Gasteiger partial charge >= 0.3 is 94.2 Å². The Morgan fingerprint density at radius 1 is 1.33 bits per heavy atom. The van der Waals surface area contributed by atoms with Crippen molar-refractivity contribution >= 4 is 19.0 Å². The van der Waals surface area contributed by atoms with Crippen molar-refractivity contribution in [2.24, 2.45) is 11.8 Å². The molecule has 0 aliphatic carbocycles. The van der Waals surface area contributed by atoms with Gasteiger partial charge in [0.2, 0.25) is 0 Å². The molecule has 0 unspecified atom stereocenters.